The number of alkyl halides is 3. The zero-order valence-electron chi connectivity index (χ0n) is 19.0. The Hall–Kier alpha value is -2.95. The number of carbonyl (C=O) groups excluding carboxylic acids is 1. The van der Waals surface area contributed by atoms with Gasteiger partial charge in [0.2, 0.25) is 0 Å². The maximum atomic E-state index is 13.2. The summed E-state index contributed by atoms with van der Waals surface area (Å²) in [5, 5.41) is 0. The number of carbonyl (C=O) groups is 1. The maximum absolute atomic E-state index is 13.2. The molecular formula is C23H26F3NO6S. The van der Waals surface area contributed by atoms with Gasteiger partial charge in [-0.1, -0.05) is 6.07 Å². The van der Waals surface area contributed by atoms with Gasteiger partial charge in [0.15, 0.2) is 15.9 Å². The number of benzene rings is 2. The van der Waals surface area contributed by atoms with Crippen LogP contribution in [-0.2, 0) is 9.84 Å². The van der Waals surface area contributed by atoms with Crippen molar-refractivity contribution >= 4 is 15.7 Å². The number of likely N-dealkylation sites (tertiary alicyclic amines) is 1. The smallest absolute Gasteiger partial charge is 0.425 e. The van der Waals surface area contributed by atoms with E-state index < -0.39 is 28.0 Å². The third-order valence-corrected chi connectivity index (χ3v) is 6.58. The Morgan fingerprint density at radius 1 is 1.18 bits per heavy atom. The van der Waals surface area contributed by atoms with Crippen LogP contribution in [0.3, 0.4) is 0 Å². The number of ether oxygens (including phenoxy) is 3. The van der Waals surface area contributed by atoms with Crippen LogP contribution in [0.2, 0.25) is 0 Å². The zero-order chi connectivity index (χ0) is 25.1. The van der Waals surface area contributed by atoms with Gasteiger partial charge >= 0.3 is 6.18 Å². The fourth-order valence-corrected chi connectivity index (χ4v) is 4.14. The summed E-state index contributed by atoms with van der Waals surface area (Å²) in [6.07, 6.45) is -5.24. The first-order chi connectivity index (χ1) is 15.9. The number of hydrogen-bond acceptors (Lipinski definition) is 6. The third-order valence-electron chi connectivity index (χ3n) is 5.47. The van der Waals surface area contributed by atoms with E-state index >= 15 is 0 Å². The predicted molar refractivity (Wildman–Crippen MR) is 118 cm³/mol. The lowest BCUT2D eigenvalue weighted by Crippen LogP contribution is -2.33. The number of rotatable bonds is 8. The Bertz CT molecular complexity index is 1140. The van der Waals surface area contributed by atoms with Crippen molar-refractivity contribution in [2.75, 3.05) is 33.1 Å². The molecule has 1 amide bonds. The number of halogens is 3. The van der Waals surface area contributed by atoms with E-state index in [1.165, 1.54) is 4.90 Å². The van der Waals surface area contributed by atoms with Gasteiger partial charge < -0.3 is 19.1 Å². The van der Waals surface area contributed by atoms with Gasteiger partial charge in [-0.15, -0.1) is 0 Å². The van der Waals surface area contributed by atoms with E-state index in [0.29, 0.717) is 37.6 Å². The first-order valence-corrected chi connectivity index (χ1v) is 12.4. The Balaban J connectivity index is 1.75. The van der Waals surface area contributed by atoms with Crippen LogP contribution in [0.15, 0.2) is 47.4 Å². The van der Waals surface area contributed by atoms with Crippen LogP contribution in [0.1, 0.15) is 23.7 Å². The summed E-state index contributed by atoms with van der Waals surface area (Å²) in [7, 11) is -2.14. The standard InChI is InChI=1S/C23H26F3NO6S/c1-15(23(24,25)26)33-21-8-7-19(34(3,29)30)12-20(21)22(28)27-10-9-16(13-27)14-32-18-6-4-5-17(11-18)31-2/h4-8,11-12,15-16H,9-10,13-14H2,1-3H3/t15-,16?/m0/s1. The molecule has 7 nitrogen and oxygen atoms in total. The van der Waals surface area contributed by atoms with Crippen LogP contribution in [0.4, 0.5) is 13.2 Å². The molecule has 1 fully saturated rings. The van der Waals surface area contributed by atoms with Crippen LogP contribution >= 0.6 is 0 Å². The molecule has 2 aromatic carbocycles. The first-order valence-electron chi connectivity index (χ1n) is 10.5. The van der Waals surface area contributed by atoms with E-state index in [1.54, 1.807) is 31.4 Å². The van der Waals surface area contributed by atoms with Crippen molar-refractivity contribution in [1.29, 1.82) is 0 Å². The molecule has 1 heterocycles. The number of nitrogens with zero attached hydrogens (tertiary/aromatic N) is 1. The topological polar surface area (TPSA) is 82.1 Å². The SMILES string of the molecule is COc1cccc(OCC2CCN(C(=O)c3cc(S(C)(=O)=O)ccc3O[C@@H](C)C(F)(F)F)C2)c1. The van der Waals surface area contributed by atoms with Gasteiger partial charge in [-0.05, 0) is 43.7 Å². The van der Waals surface area contributed by atoms with Crippen molar-refractivity contribution < 1.29 is 40.6 Å². The lowest BCUT2D eigenvalue weighted by molar-refractivity contribution is -0.189. The molecule has 1 saturated heterocycles. The lowest BCUT2D eigenvalue weighted by atomic mass is 10.1. The quantitative estimate of drug-likeness (QED) is 0.545. The second kappa shape index (κ2) is 10.1. The minimum Gasteiger partial charge on any atom is -0.497 e. The van der Waals surface area contributed by atoms with Crippen LogP contribution < -0.4 is 14.2 Å². The average Bonchev–Trinajstić information content (AvgIpc) is 3.25. The second-order valence-corrected chi connectivity index (χ2v) is 10.1. The van der Waals surface area contributed by atoms with Crippen molar-refractivity contribution in [3.63, 3.8) is 0 Å². The molecule has 0 saturated carbocycles. The molecule has 0 N–H and O–H groups in total. The van der Waals surface area contributed by atoms with Crippen LogP contribution in [0.5, 0.6) is 17.2 Å². The number of sulfone groups is 1. The molecule has 0 radical (unpaired) electrons. The molecule has 3 rings (SSSR count). The van der Waals surface area contributed by atoms with Crippen LogP contribution in [-0.4, -0.2) is 64.6 Å². The maximum Gasteiger partial charge on any atom is 0.425 e. The Morgan fingerprint density at radius 2 is 1.88 bits per heavy atom. The lowest BCUT2D eigenvalue weighted by Gasteiger charge is -2.22. The molecule has 1 aliphatic heterocycles. The van der Waals surface area contributed by atoms with Gasteiger partial charge in [0.05, 0.1) is 24.2 Å². The van der Waals surface area contributed by atoms with E-state index in [4.69, 9.17) is 14.2 Å². The fourth-order valence-electron chi connectivity index (χ4n) is 3.50. The molecule has 0 aromatic heterocycles. The molecule has 0 bridgehead atoms. The van der Waals surface area contributed by atoms with Crippen molar-refractivity contribution in [1.82, 2.24) is 4.90 Å². The second-order valence-electron chi connectivity index (χ2n) is 8.13. The predicted octanol–water partition coefficient (Wildman–Crippen LogP) is 3.97. The Morgan fingerprint density at radius 3 is 2.53 bits per heavy atom. The monoisotopic (exact) mass is 501 g/mol. The highest BCUT2D eigenvalue weighted by Gasteiger charge is 2.39. The minimum absolute atomic E-state index is 0.00768. The van der Waals surface area contributed by atoms with Crippen LogP contribution in [0.25, 0.3) is 0 Å². The molecule has 2 aromatic rings. The van der Waals surface area contributed by atoms with Gasteiger partial charge in [0.25, 0.3) is 5.91 Å². The molecule has 0 spiro atoms. The van der Waals surface area contributed by atoms with Gasteiger partial charge in [0, 0.05) is 31.3 Å². The molecule has 1 aliphatic rings. The van der Waals surface area contributed by atoms with Gasteiger partial charge in [-0.25, -0.2) is 8.42 Å². The van der Waals surface area contributed by atoms with E-state index in [2.05, 4.69) is 0 Å². The van der Waals surface area contributed by atoms with Crippen molar-refractivity contribution in [3.8, 4) is 17.2 Å². The zero-order valence-corrected chi connectivity index (χ0v) is 19.8. The molecule has 0 aliphatic carbocycles. The van der Waals surface area contributed by atoms with Gasteiger partial charge in [0.1, 0.15) is 17.2 Å². The number of amides is 1. The molecular weight excluding hydrogens is 475 g/mol. The highest BCUT2D eigenvalue weighted by molar-refractivity contribution is 7.90. The van der Waals surface area contributed by atoms with Gasteiger partial charge in [-0.2, -0.15) is 13.2 Å². The number of methoxy groups -OCH3 is 1. The summed E-state index contributed by atoms with van der Waals surface area (Å²) in [5.41, 5.74) is -0.228. The van der Waals surface area contributed by atoms with Gasteiger partial charge in [-0.3, -0.25) is 4.79 Å². The summed E-state index contributed by atoms with van der Waals surface area (Å²) < 4.78 is 79.0. The molecule has 186 valence electrons. The van der Waals surface area contributed by atoms with E-state index in [-0.39, 0.29) is 22.1 Å². The average molecular weight is 502 g/mol. The minimum atomic E-state index is -4.65. The van der Waals surface area contributed by atoms with E-state index in [9.17, 15) is 26.4 Å². The molecule has 11 heteroatoms. The Labute approximate surface area is 196 Å². The summed E-state index contributed by atoms with van der Waals surface area (Å²) in [6, 6.07) is 10.4. The molecule has 2 atom stereocenters. The van der Waals surface area contributed by atoms with Crippen molar-refractivity contribution in [2.24, 2.45) is 5.92 Å². The Kier molecular flexibility index (Phi) is 7.64. The van der Waals surface area contributed by atoms with Crippen LogP contribution in [0, 0.1) is 5.92 Å². The highest BCUT2D eigenvalue weighted by Crippen LogP contribution is 2.31. The third kappa shape index (κ3) is 6.34. The largest absolute Gasteiger partial charge is 0.497 e. The number of hydrogen-bond donors (Lipinski definition) is 0. The van der Waals surface area contributed by atoms with E-state index in [1.807, 2.05) is 0 Å². The normalized spacial score (nSPS) is 17.4. The fraction of sp³-hybridized carbons (Fsp3) is 0.435. The highest BCUT2D eigenvalue weighted by atomic mass is 32.2. The molecule has 34 heavy (non-hydrogen) atoms. The van der Waals surface area contributed by atoms with Crippen molar-refractivity contribution in [3.05, 3.63) is 48.0 Å². The van der Waals surface area contributed by atoms with Crippen molar-refractivity contribution in [2.45, 2.75) is 30.5 Å². The molecule has 1 unspecified atom stereocenters. The summed E-state index contributed by atoms with van der Waals surface area (Å²) in [6.45, 7) is 1.80. The summed E-state index contributed by atoms with van der Waals surface area (Å²) in [5.74, 6) is 0.331. The first kappa shape index (κ1) is 25.7. The summed E-state index contributed by atoms with van der Waals surface area (Å²) in [4.78, 5) is 14.5. The summed E-state index contributed by atoms with van der Waals surface area (Å²) >= 11 is 0. The van der Waals surface area contributed by atoms with E-state index in [0.717, 1.165) is 31.4 Å².